The third kappa shape index (κ3) is 5.74. The fourth-order valence-corrected chi connectivity index (χ4v) is 4.20. The van der Waals surface area contributed by atoms with E-state index in [0.717, 1.165) is 43.1 Å². The maximum Gasteiger partial charge on any atom is 0.112 e. The van der Waals surface area contributed by atoms with Gasteiger partial charge in [0.1, 0.15) is 6.10 Å². The minimum atomic E-state index is -0.00414. The summed E-state index contributed by atoms with van der Waals surface area (Å²) in [6.07, 6.45) is 0.837. The molecule has 2 aromatic carbocycles. The van der Waals surface area contributed by atoms with Gasteiger partial charge in [-0.25, -0.2) is 0 Å². The topological polar surface area (TPSA) is 48.8 Å². The first-order chi connectivity index (χ1) is 15.6. The predicted octanol–water partition coefficient (Wildman–Crippen LogP) is 3.98. The lowest BCUT2D eigenvalue weighted by Gasteiger charge is -2.33. The zero-order chi connectivity index (χ0) is 22.3. The molecule has 1 fully saturated rings. The van der Waals surface area contributed by atoms with Crippen molar-refractivity contribution in [2.45, 2.75) is 26.0 Å². The van der Waals surface area contributed by atoms with Gasteiger partial charge in [0, 0.05) is 51.0 Å². The van der Waals surface area contributed by atoms with Crippen LogP contribution in [0.1, 0.15) is 34.2 Å². The van der Waals surface area contributed by atoms with E-state index in [1.807, 2.05) is 7.05 Å². The van der Waals surface area contributed by atoms with Gasteiger partial charge in [-0.15, -0.1) is 0 Å². The lowest BCUT2D eigenvalue weighted by atomic mass is 10.0. The van der Waals surface area contributed by atoms with Gasteiger partial charge in [0.15, 0.2) is 0 Å². The van der Waals surface area contributed by atoms with E-state index in [1.165, 1.54) is 16.7 Å². The normalized spacial score (nSPS) is 16.8. The van der Waals surface area contributed by atoms with E-state index in [4.69, 9.17) is 14.8 Å². The maximum absolute atomic E-state index is 9.13. The first-order valence-electron chi connectivity index (χ1n) is 11.4. The molecule has 1 N–H and O–H groups in total. The number of ether oxygens (including phenoxy) is 1. The van der Waals surface area contributed by atoms with E-state index < -0.39 is 0 Å². The van der Waals surface area contributed by atoms with Gasteiger partial charge in [-0.3, -0.25) is 9.88 Å². The highest BCUT2D eigenvalue weighted by Gasteiger charge is 2.23. The molecule has 168 valence electrons. The molecule has 5 heteroatoms. The molecule has 1 aliphatic heterocycles. The highest BCUT2D eigenvalue weighted by atomic mass is 16.5. The fourth-order valence-electron chi connectivity index (χ4n) is 4.20. The molecule has 0 aliphatic carbocycles. The van der Waals surface area contributed by atoms with Crippen LogP contribution in [0.5, 0.6) is 0 Å². The van der Waals surface area contributed by atoms with Crippen molar-refractivity contribution in [2.24, 2.45) is 0 Å². The quantitative estimate of drug-likeness (QED) is 0.585. The second kappa shape index (κ2) is 10.7. The zero-order valence-corrected chi connectivity index (χ0v) is 19.1. The summed E-state index contributed by atoms with van der Waals surface area (Å²) in [6, 6.07) is 23.4. The second-order valence-corrected chi connectivity index (χ2v) is 8.56. The number of aliphatic hydroxyl groups is 1. The van der Waals surface area contributed by atoms with E-state index in [9.17, 15) is 0 Å². The van der Waals surface area contributed by atoms with Crippen LogP contribution in [0.25, 0.3) is 0 Å². The molecular weight excluding hydrogens is 398 g/mol. The summed E-state index contributed by atoms with van der Waals surface area (Å²) < 4.78 is 6.10. The number of morpholine rings is 1. The molecule has 1 aromatic heterocycles. The third-order valence-electron chi connectivity index (χ3n) is 6.16. The Labute approximate surface area is 191 Å². The summed E-state index contributed by atoms with van der Waals surface area (Å²) in [4.78, 5) is 9.45. The van der Waals surface area contributed by atoms with Crippen molar-refractivity contribution in [1.82, 2.24) is 9.88 Å². The van der Waals surface area contributed by atoms with Crippen molar-refractivity contribution in [3.63, 3.8) is 0 Å². The van der Waals surface area contributed by atoms with Crippen molar-refractivity contribution in [3.05, 3.63) is 94.8 Å². The van der Waals surface area contributed by atoms with Gasteiger partial charge >= 0.3 is 0 Å². The number of anilines is 1. The second-order valence-electron chi connectivity index (χ2n) is 8.56. The molecule has 1 unspecified atom stereocenters. The third-order valence-corrected chi connectivity index (χ3v) is 6.16. The fraction of sp³-hybridized carbons (Fsp3) is 0.370. The lowest BCUT2D eigenvalue weighted by Crippen LogP contribution is -2.38. The SMILES string of the molecule is Cc1ccccc1Cc1cccc(C2CN(Cc3ccc(N(C)CCO)cc3)CCO2)n1. The van der Waals surface area contributed by atoms with Crippen molar-refractivity contribution >= 4 is 5.69 Å². The first-order valence-corrected chi connectivity index (χ1v) is 11.4. The molecule has 0 bridgehead atoms. The van der Waals surface area contributed by atoms with Crippen molar-refractivity contribution in [3.8, 4) is 0 Å². The monoisotopic (exact) mass is 431 g/mol. The number of pyridine rings is 1. The largest absolute Gasteiger partial charge is 0.395 e. The van der Waals surface area contributed by atoms with Crippen LogP contribution < -0.4 is 4.90 Å². The minimum absolute atomic E-state index is 0.00414. The van der Waals surface area contributed by atoms with Crippen LogP contribution in [0.15, 0.2) is 66.7 Å². The van der Waals surface area contributed by atoms with E-state index in [-0.39, 0.29) is 12.7 Å². The molecule has 1 aliphatic rings. The molecule has 0 saturated carbocycles. The smallest absolute Gasteiger partial charge is 0.112 e. The number of likely N-dealkylation sites (N-methyl/N-ethyl adjacent to an activating group) is 1. The highest BCUT2D eigenvalue weighted by Crippen LogP contribution is 2.24. The van der Waals surface area contributed by atoms with Crippen molar-refractivity contribution in [2.75, 3.05) is 44.8 Å². The van der Waals surface area contributed by atoms with Crippen LogP contribution in [-0.2, 0) is 17.7 Å². The lowest BCUT2D eigenvalue weighted by molar-refractivity contribution is -0.0350. The van der Waals surface area contributed by atoms with Gasteiger partial charge < -0.3 is 14.7 Å². The average Bonchev–Trinajstić information content (AvgIpc) is 2.82. The summed E-state index contributed by atoms with van der Waals surface area (Å²) in [6.45, 7) is 6.32. The number of nitrogens with zero attached hydrogens (tertiary/aromatic N) is 3. The summed E-state index contributed by atoms with van der Waals surface area (Å²) in [5.41, 5.74) is 7.12. The molecule has 5 nitrogen and oxygen atoms in total. The van der Waals surface area contributed by atoms with E-state index >= 15 is 0 Å². The number of hydrogen-bond donors (Lipinski definition) is 1. The van der Waals surface area contributed by atoms with Gasteiger partial charge in [-0.2, -0.15) is 0 Å². The average molecular weight is 432 g/mol. The Hall–Kier alpha value is -2.73. The maximum atomic E-state index is 9.13. The van der Waals surface area contributed by atoms with Crippen LogP contribution >= 0.6 is 0 Å². The molecule has 1 atom stereocenters. The zero-order valence-electron chi connectivity index (χ0n) is 19.1. The number of aryl methyl sites for hydroxylation is 1. The molecular formula is C27H33N3O2. The molecule has 2 heterocycles. The summed E-state index contributed by atoms with van der Waals surface area (Å²) in [7, 11) is 2.00. The molecule has 32 heavy (non-hydrogen) atoms. The first kappa shape index (κ1) is 22.5. The Bertz CT molecular complexity index is 1010. The Morgan fingerprint density at radius 1 is 1.06 bits per heavy atom. The minimum Gasteiger partial charge on any atom is -0.395 e. The molecule has 4 rings (SSSR count). The van der Waals surface area contributed by atoms with Gasteiger partial charge in [-0.05, 0) is 47.9 Å². The molecule has 3 aromatic rings. The standard InChI is InChI=1S/C27H33N3O2/c1-21-6-3-4-7-23(21)18-24-8-5-9-26(28-24)27-20-30(15-17-32-27)19-22-10-12-25(13-11-22)29(2)14-16-31/h3-13,27,31H,14-20H2,1-2H3. The van der Waals surface area contributed by atoms with Crippen LogP contribution in [-0.4, -0.2) is 54.9 Å². The van der Waals surface area contributed by atoms with Gasteiger partial charge in [0.2, 0.25) is 0 Å². The summed E-state index contributed by atoms with van der Waals surface area (Å²) in [5, 5.41) is 9.13. The molecule has 0 spiro atoms. The highest BCUT2D eigenvalue weighted by molar-refractivity contribution is 5.46. The Kier molecular flexibility index (Phi) is 7.53. The number of rotatable bonds is 8. The van der Waals surface area contributed by atoms with E-state index in [2.05, 4.69) is 83.5 Å². The van der Waals surface area contributed by atoms with Gasteiger partial charge in [0.25, 0.3) is 0 Å². The van der Waals surface area contributed by atoms with Crippen molar-refractivity contribution in [1.29, 1.82) is 0 Å². The predicted molar refractivity (Wildman–Crippen MR) is 129 cm³/mol. The van der Waals surface area contributed by atoms with Crippen LogP contribution in [0.2, 0.25) is 0 Å². The summed E-state index contributed by atoms with van der Waals surface area (Å²) >= 11 is 0. The summed E-state index contributed by atoms with van der Waals surface area (Å²) in [5.74, 6) is 0. The number of benzene rings is 2. The van der Waals surface area contributed by atoms with Gasteiger partial charge in [0.05, 0.1) is 18.9 Å². The Balaban J connectivity index is 1.39. The molecule has 1 saturated heterocycles. The number of hydrogen-bond acceptors (Lipinski definition) is 5. The molecule has 0 radical (unpaired) electrons. The van der Waals surface area contributed by atoms with Crippen molar-refractivity contribution < 1.29 is 9.84 Å². The number of aromatic nitrogens is 1. The van der Waals surface area contributed by atoms with Crippen LogP contribution in [0, 0.1) is 6.92 Å². The van der Waals surface area contributed by atoms with Crippen LogP contribution in [0.3, 0.4) is 0 Å². The van der Waals surface area contributed by atoms with E-state index in [1.54, 1.807) is 0 Å². The Morgan fingerprint density at radius 2 is 1.88 bits per heavy atom. The molecule has 0 amide bonds. The van der Waals surface area contributed by atoms with E-state index in [0.29, 0.717) is 13.2 Å². The number of aliphatic hydroxyl groups excluding tert-OH is 1. The van der Waals surface area contributed by atoms with Gasteiger partial charge in [-0.1, -0.05) is 42.5 Å². The van der Waals surface area contributed by atoms with Crippen LogP contribution in [0.4, 0.5) is 5.69 Å². The Morgan fingerprint density at radius 3 is 2.66 bits per heavy atom.